The van der Waals surface area contributed by atoms with E-state index in [9.17, 15) is 14.7 Å². The molecule has 0 unspecified atom stereocenters. The number of rotatable bonds is 12. The fraction of sp³-hybridized carbons (Fsp3) is 0.639. The monoisotopic (exact) mass is 637 g/mol. The van der Waals surface area contributed by atoms with Crippen LogP contribution in [0.15, 0.2) is 24.3 Å². The molecule has 0 aromatic carbocycles. The van der Waals surface area contributed by atoms with Crippen LogP contribution in [0.1, 0.15) is 106 Å². The van der Waals surface area contributed by atoms with Crippen LogP contribution in [-0.2, 0) is 16.1 Å². The summed E-state index contributed by atoms with van der Waals surface area (Å²) < 4.78 is 11.8. The summed E-state index contributed by atoms with van der Waals surface area (Å²) in [5.41, 5.74) is 1.23. The molecule has 1 amide bonds. The second-order valence-electron chi connectivity index (χ2n) is 13.7. The molecule has 246 valence electrons. The van der Waals surface area contributed by atoms with E-state index in [1.165, 1.54) is 11.3 Å². The lowest BCUT2D eigenvalue weighted by Gasteiger charge is -2.39. The average Bonchev–Trinajstić information content (AvgIpc) is 3.42. The van der Waals surface area contributed by atoms with E-state index in [0.717, 1.165) is 63.6 Å². The summed E-state index contributed by atoms with van der Waals surface area (Å²) in [5, 5.41) is 10.2. The summed E-state index contributed by atoms with van der Waals surface area (Å²) >= 11 is 1.17. The van der Waals surface area contributed by atoms with Gasteiger partial charge in [-0.1, -0.05) is 24.8 Å². The lowest BCUT2D eigenvalue weighted by atomic mass is 9.81. The van der Waals surface area contributed by atoms with Crippen LogP contribution in [0.25, 0.3) is 0 Å². The van der Waals surface area contributed by atoms with Gasteiger partial charge in [-0.2, -0.15) is 0 Å². The van der Waals surface area contributed by atoms with Crippen LogP contribution in [0.3, 0.4) is 0 Å². The Kier molecular flexibility index (Phi) is 12.5. The predicted octanol–water partition coefficient (Wildman–Crippen LogP) is 7.26. The van der Waals surface area contributed by atoms with E-state index in [1.807, 2.05) is 56.9 Å². The lowest BCUT2D eigenvalue weighted by molar-refractivity contribution is -0.124. The molecule has 0 radical (unpaired) electrons. The molecule has 2 aliphatic rings. The first-order valence-electron chi connectivity index (χ1n) is 16.6. The number of hydrogen-bond donors (Lipinski definition) is 1. The van der Waals surface area contributed by atoms with Crippen LogP contribution in [0, 0.1) is 29.1 Å². The molecular formula is C36H51N3O5S. The third-order valence-corrected chi connectivity index (χ3v) is 9.69. The zero-order chi connectivity index (χ0) is 32.6. The molecule has 0 bridgehead atoms. The van der Waals surface area contributed by atoms with Gasteiger partial charge in [0.25, 0.3) is 0 Å². The van der Waals surface area contributed by atoms with Crippen molar-refractivity contribution < 1.29 is 24.2 Å². The summed E-state index contributed by atoms with van der Waals surface area (Å²) in [4.78, 5) is 36.4. The summed E-state index contributed by atoms with van der Waals surface area (Å²) in [6.45, 7) is 13.3. The van der Waals surface area contributed by atoms with Crippen molar-refractivity contribution in [1.29, 1.82) is 0 Å². The van der Waals surface area contributed by atoms with E-state index < -0.39 is 5.97 Å². The molecule has 2 aromatic heterocycles. The summed E-state index contributed by atoms with van der Waals surface area (Å²) in [5.74, 6) is 6.60. The van der Waals surface area contributed by atoms with Gasteiger partial charge in [0.2, 0.25) is 11.8 Å². The Bertz CT molecular complexity index is 1340. The number of likely N-dealkylation sites (N-methyl/N-ethyl adjacent to an activating group) is 1. The number of pyridine rings is 1. The topological polar surface area (TPSA) is 92.2 Å². The van der Waals surface area contributed by atoms with Crippen LogP contribution in [0.5, 0.6) is 5.88 Å². The van der Waals surface area contributed by atoms with Crippen LogP contribution in [0.2, 0.25) is 0 Å². The SMILES string of the molecule is CCOCCN(C)Cc1cccc(O[C@H]2CC[C@H](N(c3cc(C#CC(C)(C)C)sc3C(=O)O)C(=O)[C@H]3CC[C@H](C)CC3)CC2)n1. The number of carbonyl (C=O) groups is 2. The fourth-order valence-corrected chi connectivity index (χ4v) is 6.99. The van der Waals surface area contributed by atoms with E-state index in [-0.39, 0.29) is 34.3 Å². The third-order valence-electron chi connectivity index (χ3n) is 8.66. The van der Waals surface area contributed by atoms with Crippen molar-refractivity contribution in [3.05, 3.63) is 39.7 Å². The van der Waals surface area contributed by atoms with Crippen molar-refractivity contribution in [2.45, 2.75) is 105 Å². The van der Waals surface area contributed by atoms with Crippen LogP contribution >= 0.6 is 11.3 Å². The summed E-state index contributed by atoms with van der Waals surface area (Å²) in [7, 11) is 2.06. The molecule has 9 heteroatoms. The summed E-state index contributed by atoms with van der Waals surface area (Å²) in [6.07, 6.45) is 6.73. The molecule has 0 aliphatic heterocycles. The zero-order valence-electron chi connectivity index (χ0n) is 27.9. The molecule has 2 heterocycles. The second-order valence-corrected chi connectivity index (χ2v) is 14.8. The van der Waals surface area contributed by atoms with Crippen molar-refractivity contribution in [1.82, 2.24) is 9.88 Å². The Hall–Kier alpha value is -2.93. The van der Waals surface area contributed by atoms with Gasteiger partial charge in [-0.3, -0.25) is 9.69 Å². The van der Waals surface area contributed by atoms with E-state index in [4.69, 9.17) is 14.5 Å². The lowest BCUT2D eigenvalue weighted by Crippen LogP contribution is -2.47. The van der Waals surface area contributed by atoms with Crippen molar-refractivity contribution in [3.63, 3.8) is 0 Å². The zero-order valence-corrected chi connectivity index (χ0v) is 28.8. The Morgan fingerprint density at radius 2 is 1.80 bits per heavy atom. The number of amides is 1. The van der Waals surface area contributed by atoms with Crippen molar-refractivity contribution in [2.75, 3.05) is 31.7 Å². The highest BCUT2D eigenvalue weighted by Crippen LogP contribution is 2.39. The predicted molar refractivity (Wildman–Crippen MR) is 180 cm³/mol. The normalized spacial score (nSPS) is 22.0. The number of carboxylic acids is 1. The third kappa shape index (κ3) is 10.3. The molecule has 0 atom stereocenters. The Morgan fingerprint density at radius 1 is 1.09 bits per heavy atom. The number of nitrogens with zero attached hydrogens (tertiary/aromatic N) is 3. The van der Waals surface area contributed by atoms with Crippen molar-refractivity contribution in [2.24, 2.45) is 17.3 Å². The molecule has 2 aromatic rings. The first-order chi connectivity index (χ1) is 21.4. The van der Waals surface area contributed by atoms with Crippen molar-refractivity contribution in [3.8, 4) is 17.7 Å². The van der Waals surface area contributed by atoms with Gasteiger partial charge in [-0.15, -0.1) is 11.3 Å². The number of thiophene rings is 1. The number of aromatic carboxylic acids is 1. The first kappa shape index (κ1) is 34.9. The highest BCUT2D eigenvalue weighted by Gasteiger charge is 2.38. The van der Waals surface area contributed by atoms with Crippen LogP contribution < -0.4 is 9.64 Å². The number of carbonyl (C=O) groups excluding carboxylic acids is 1. The van der Waals surface area contributed by atoms with Gasteiger partial charge >= 0.3 is 5.97 Å². The van der Waals surface area contributed by atoms with Gasteiger partial charge in [0, 0.05) is 43.1 Å². The maximum absolute atomic E-state index is 14.2. The Morgan fingerprint density at radius 3 is 2.44 bits per heavy atom. The number of carboxylic acid groups (broad SMARTS) is 1. The van der Waals surface area contributed by atoms with E-state index in [1.54, 1.807) is 0 Å². The van der Waals surface area contributed by atoms with Crippen LogP contribution in [-0.4, -0.2) is 65.8 Å². The first-order valence-corrected chi connectivity index (χ1v) is 17.4. The fourth-order valence-electron chi connectivity index (χ4n) is 6.15. The summed E-state index contributed by atoms with van der Waals surface area (Å²) in [6, 6.07) is 7.64. The molecular weight excluding hydrogens is 586 g/mol. The second kappa shape index (κ2) is 16.1. The number of hydrogen-bond acceptors (Lipinski definition) is 7. The van der Waals surface area contributed by atoms with Gasteiger partial charge in [0.1, 0.15) is 11.0 Å². The van der Waals surface area contributed by atoms with Gasteiger partial charge in [0.05, 0.1) is 22.9 Å². The van der Waals surface area contributed by atoms with E-state index >= 15 is 0 Å². The minimum atomic E-state index is -1.01. The minimum absolute atomic E-state index is 0.0122. The maximum atomic E-state index is 14.2. The molecule has 4 rings (SSSR count). The highest BCUT2D eigenvalue weighted by molar-refractivity contribution is 7.15. The smallest absolute Gasteiger partial charge is 0.348 e. The molecule has 0 spiro atoms. The highest BCUT2D eigenvalue weighted by atomic mass is 32.1. The van der Waals surface area contributed by atoms with Gasteiger partial charge in [0.15, 0.2) is 0 Å². The van der Waals surface area contributed by atoms with Crippen LogP contribution in [0.4, 0.5) is 5.69 Å². The molecule has 2 saturated carbocycles. The largest absolute Gasteiger partial charge is 0.477 e. The molecule has 1 N–H and O–H groups in total. The Labute approximate surface area is 273 Å². The number of ether oxygens (including phenoxy) is 2. The van der Waals surface area contributed by atoms with Crippen molar-refractivity contribution >= 4 is 28.9 Å². The average molecular weight is 638 g/mol. The number of anilines is 1. The molecule has 2 aliphatic carbocycles. The quantitative estimate of drug-likeness (QED) is 0.194. The Balaban J connectivity index is 1.49. The molecule has 0 saturated heterocycles. The van der Waals surface area contributed by atoms with Gasteiger partial charge < -0.3 is 19.5 Å². The minimum Gasteiger partial charge on any atom is -0.477 e. The standard InChI is InChI=1S/C36H51N3O5S/c1-7-43-22-21-38(6)24-27-9-8-10-32(37-27)44-29-17-15-28(16-18-29)39(34(40)26-13-11-25(2)12-14-26)31-23-30(19-20-36(3,4)5)45-33(31)35(41)42/h8-10,23,25-26,28-29H,7,11-18,21-22,24H2,1-6H3,(H,41,42)/t25-,26-,28-,29-. The van der Waals surface area contributed by atoms with Gasteiger partial charge in [-0.05, 0) is 104 Å². The molecule has 45 heavy (non-hydrogen) atoms. The van der Waals surface area contributed by atoms with E-state index in [0.29, 0.717) is 42.1 Å². The number of aromatic nitrogens is 1. The van der Waals surface area contributed by atoms with Gasteiger partial charge in [-0.25, -0.2) is 9.78 Å². The van der Waals surface area contributed by atoms with E-state index in [2.05, 4.69) is 30.7 Å². The molecule has 2 fully saturated rings. The molecule has 8 nitrogen and oxygen atoms in total. The maximum Gasteiger partial charge on any atom is 0.348 e.